The number of anilines is 1. The van der Waals surface area contributed by atoms with Crippen LogP contribution in [0.3, 0.4) is 0 Å². The van der Waals surface area contributed by atoms with E-state index >= 15 is 0 Å². The van der Waals surface area contributed by atoms with Gasteiger partial charge in [0.1, 0.15) is 0 Å². The van der Waals surface area contributed by atoms with Crippen LogP contribution in [0.1, 0.15) is 15.9 Å². The van der Waals surface area contributed by atoms with Gasteiger partial charge in [-0.3, -0.25) is 4.79 Å². The number of aryl methyl sites for hydroxylation is 1. The molecule has 0 fully saturated rings. The summed E-state index contributed by atoms with van der Waals surface area (Å²) in [4.78, 5) is 12.9. The number of nitrogens with one attached hydrogen (secondary N) is 1. The molecule has 26 heavy (non-hydrogen) atoms. The molecule has 3 rings (SSSR count). The average Bonchev–Trinajstić information content (AvgIpc) is 2.69. The molecule has 0 aromatic heterocycles. The predicted molar refractivity (Wildman–Crippen MR) is 104 cm³/mol. The highest BCUT2D eigenvalue weighted by Gasteiger charge is 2.15. The average molecular weight is 347 g/mol. The van der Waals surface area contributed by atoms with Gasteiger partial charge < -0.3 is 14.8 Å². The Morgan fingerprint density at radius 1 is 0.846 bits per heavy atom. The highest BCUT2D eigenvalue weighted by molar-refractivity contribution is 6.09. The maximum absolute atomic E-state index is 12.9. The Bertz CT molecular complexity index is 920. The van der Waals surface area contributed by atoms with E-state index in [-0.39, 0.29) is 5.91 Å². The fraction of sp³-hybridized carbons (Fsp3) is 0.136. The number of hydrogen-bond acceptors (Lipinski definition) is 3. The number of benzene rings is 3. The van der Waals surface area contributed by atoms with Crippen molar-refractivity contribution in [3.8, 4) is 22.6 Å². The van der Waals surface area contributed by atoms with E-state index in [0.29, 0.717) is 22.7 Å². The molecule has 4 nitrogen and oxygen atoms in total. The molecular formula is C22H21NO3. The zero-order chi connectivity index (χ0) is 18.5. The fourth-order valence-corrected chi connectivity index (χ4v) is 2.86. The van der Waals surface area contributed by atoms with Gasteiger partial charge in [-0.2, -0.15) is 0 Å². The smallest absolute Gasteiger partial charge is 0.256 e. The Morgan fingerprint density at radius 2 is 1.46 bits per heavy atom. The third-order valence-electron chi connectivity index (χ3n) is 4.24. The molecule has 0 atom stereocenters. The molecule has 0 bridgehead atoms. The Balaban J connectivity index is 1.95. The molecule has 0 aliphatic rings. The van der Waals surface area contributed by atoms with E-state index < -0.39 is 0 Å². The number of hydrogen-bond donors (Lipinski definition) is 1. The molecule has 1 amide bonds. The normalized spacial score (nSPS) is 10.3. The lowest BCUT2D eigenvalue weighted by atomic mass is 9.99. The van der Waals surface area contributed by atoms with Crippen LogP contribution in [0, 0.1) is 6.92 Å². The molecule has 4 heteroatoms. The first kappa shape index (κ1) is 17.5. The molecule has 132 valence electrons. The molecule has 3 aromatic carbocycles. The highest BCUT2D eigenvalue weighted by Crippen LogP contribution is 2.33. The van der Waals surface area contributed by atoms with Crippen molar-refractivity contribution in [1.82, 2.24) is 0 Å². The van der Waals surface area contributed by atoms with E-state index in [1.165, 1.54) is 0 Å². The maximum Gasteiger partial charge on any atom is 0.256 e. The van der Waals surface area contributed by atoms with Gasteiger partial charge in [-0.05, 0) is 35.7 Å². The van der Waals surface area contributed by atoms with Gasteiger partial charge in [0.05, 0.1) is 14.2 Å². The zero-order valence-corrected chi connectivity index (χ0v) is 15.1. The van der Waals surface area contributed by atoms with E-state index in [1.54, 1.807) is 20.3 Å². The molecule has 0 spiro atoms. The van der Waals surface area contributed by atoms with E-state index in [0.717, 1.165) is 16.7 Å². The Labute approximate surface area is 153 Å². The van der Waals surface area contributed by atoms with Crippen LogP contribution < -0.4 is 14.8 Å². The molecule has 1 N–H and O–H groups in total. The van der Waals surface area contributed by atoms with Crippen LogP contribution in [-0.4, -0.2) is 20.1 Å². The SMILES string of the molecule is COc1cc(C)c(NC(=O)c2ccccc2-c2ccccc2)cc1OC. The van der Waals surface area contributed by atoms with Crippen LogP contribution in [0.2, 0.25) is 0 Å². The van der Waals surface area contributed by atoms with Gasteiger partial charge in [-0.25, -0.2) is 0 Å². The molecule has 0 unspecified atom stereocenters. The molecular weight excluding hydrogens is 326 g/mol. The summed E-state index contributed by atoms with van der Waals surface area (Å²) in [6.45, 7) is 1.92. The molecule has 0 aliphatic heterocycles. The van der Waals surface area contributed by atoms with Crippen molar-refractivity contribution in [2.45, 2.75) is 6.92 Å². The number of ether oxygens (including phenoxy) is 2. The van der Waals surface area contributed by atoms with Gasteiger partial charge in [-0.1, -0.05) is 48.5 Å². The number of amides is 1. The highest BCUT2D eigenvalue weighted by atomic mass is 16.5. The van der Waals surface area contributed by atoms with Gasteiger partial charge in [-0.15, -0.1) is 0 Å². The third kappa shape index (κ3) is 3.54. The lowest BCUT2D eigenvalue weighted by molar-refractivity contribution is 0.102. The van der Waals surface area contributed by atoms with Crippen molar-refractivity contribution in [3.63, 3.8) is 0 Å². The second-order valence-corrected chi connectivity index (χ2v) is 5.89. The standard InChI is InChI=1S/C22H21NO3/c1-15-13-20(25-2)21(26-3)14-19(15)23-22(24)18-12-8-7-11-17(18)16-9-5-4-6-10-16/h4-14H,1-3H3,(H,23,24). The van der Waals surface area contributed by atoms with Crippen LogP contribution in [0.4, 0.5) is 5.69 Å². The van der Waals surface area contributed by atoms with E-state index in [4.69, 9.17) is 9.47 Å². The summed E-state index contributed by atoms with van der Waals surface area (Å²) in [5.74, 6) is 1.04. The van der Waals surface area contributed by atoms with Crippen molar-refractivity contribution in [2.24, 2.45) is 0 Å². The van der Waals surface area contributed by atoms with Crippen molar-refractivity contribution >= 4 is 11.6 Å². The molecule has 0 radical (unpaired) electrons. The summed E-state index contributed by atoms with van der Waals surface area (Å²) in [5.41, 5.74) is 4.10. The van der Waals surface area contributed by atoms with Crippen LogP contribution >= 0.6 is 0 Å². The van der Waals surface area contributed by atoms with E-state index in [9.17, 15) is 4.79 Å². The molecule has 0 saturated heterocycles. The number of rotatable bonds is 5. The van der Waals surface area contributed by atoms with E-state index in [2.05, 4.69) is 5.32 Å². The van der Waals surface area contributed by atoms with Crippen molar-refractivity contribution in [1.29, 1.82) is 0 Å². The first-order valence-electron chi connectivity index (χ1n) is 8.32. The summed E-state index contributed by atoms with van der Waals surface area (Å²) in [6, 6.07) is 21.1. The second kappa shape index (κ2) is 7.74. The summed E-state index contributed by atoms with van der Waals surface area (Å²) in [7, 11) is 3.16. The minimum atomic E-state index is -0.167. The van der Waals surface area contributed by atoms with Crippen molar-refractivity contribution in [3.05, 3.63) is 77.9 Å². The third-order valence-corrected chi connectivity index (χ3v) is 4.24. The summed E-state index contributed by atoms with van der Waals surface area (Å²) in [6.07, 6.45) is 0. The van der Waals surface area contributed by atoms with Crippen LogP contribution in [0.15, 0.2) is 66.7 Å². The van der Waals surface area contributed by atoms with Crippen LogP contribution in [-0.2, 0) is 0 Å². The first-order chi connectivity index (χ1) is 12.6. The molecule has 0 aliphatic carbocycles. The largest absolute Gasteiger partial charge is 0.493 e. The zero-order valence-electron chi connectivity index (χ0n) is 15.1. The minimum absolute atomic E-state index is 0.167. The molecule has 3 aromatic rings. The van der Waals surface area contributed by atoms with Crippen molar-refractivity contribution in [2.75, 3.05) is 19.5 Å². The van der Waals surface area contributed by atoms with E-state index in [1.807, 2.05) is 67.6 Å². The lowest BCUT2D eigenvalue weighted by Crippen LogP contribution is -2.14. The van der Waals surface area contributed by atoms with Gasteiger partial charge >= 0.3 is 0 Å². The summed E-state index contributed by atoms with van der Waals surface area (Å²) < 4.78 is 10.6. The topological polar surface area (TPSA) is 47.6 Å². The number of methoxy groups -OCH3 is 2. The van der Waals surface area contributed by atoms with Crippen molar-refractivity contribution < 1.29 is 14.3 Å². The lowest BCUT2D eigenvalue weighted by Gasteiger charge is -2.15. The summed E-state index contributed by atoms with van der Waals surface area (Å²) >= 11 is 0. The summed E-state index contributed by atoms with van der Waals surface area (Å²) in [5, 5.41) is 2.99. The first-order valence-corrected chi connectivity index (χ1v) is 8.32. The quantitative estimate of drug-likeness (QED) is 0.712. The predicted octanol–water partition coefficient (Wildman–Crippen LogP) is 4.93. The Kier molecular flexibility index (Phi) is 5.23. The van der Waals surface area contributed by atoms with Gasteiger partial charge in [0.2, 0.25) is 0 Å². The van der Waals surface area contributed by atoms with Crippen LogP contribution in [0.25, 0.3) is 11.1 Å². The Hall–Kier alpha value is -3.27. The molecule has 0 heterocycles. The van der Waals surface area contributed by atoms with Gasteiger partial charge in [0.15, 0.2) is 11.5 Å². The van der Waals surface area contributed by atoms with Gasteiger partial charge in [0.25, 0.3) is 5.91 Å². The minimum Gasteiger partial charge on any atom is -0.493 e. The number of carbonyl (C=O) groups is 1. The maximum atomic E-state index is 12.9. The monoisotopic (exact) mass is 347 g/mol. The second-order valence-electron chi connectivity index (χ2n) is 5.89. The number of carbonyl (C=O) groups excluding carboxylic acids is 1. The molecule has 0 saturated carbocycles. The van der Waals surface area contributed by atoms with Crippen LogP contribution in [0.5, 0.6) is 11.5 Å². The van der Waals surface area contributed by atoms with Gasteiger partial charge in [0, 0.05) is 17.3 Å². The fourth-order valence-electron chi connectivity index (χ4n) is 2.86. The Morgan fingerprint density at radius 3 is 2.15 bits per heavy atom.